The van der Waals surface area contributed by atoms with Gasteiger partial charge >= 0.3 is 0 Å². The Hall–Kier alpha value is -1.35. The SMILES string of the molecule is CC(C1CC1)N(C)C(=O)c1ccc2c(c1)CNC2. The van der Waals surface area contributed by atoms with Crippen LogP contribution in [0.15, 0.2) is 18.2 Å². The zero-order valence-electron chi connectivity index (χ0n) is 11.1. The summed E-state index contributed by atoms with van der Waals surface area (Å²) in [6, 6.07) is 6.46. The Balaban J connectivity index is 1.79. The van der Waals surface area contributed by atoms with Gasteiger partial charge in [0.05, 0.1) is 0 Å². The number of nitrogens with one attached hydrogen (secondary N) is 1. The first-order valence-electron chi connectivity index (χ1n) is 6.76. The van der Waals surface area contributed by atoms with Gasteiger partial charge in [0.2, 0.25) is 0 Å². The summed E-state index contributed by atoms with van der Waals surface area (Å²) in [4.78, 5) is 14.3. The molecule has 0 bridgehead atoms. The molecule has 0 saturated heterocycles. The fourth-order valence-corrected chi connectivity index (χ4v) is 2.71. The van der Waals surface area contributed by atoms with Gasteiger partial charge in [0, 0.05) is 31.7 Å². The van der Waals surface area contributed by atoms with E-state index in [2.05, 4.69) is 18.3 Å². The van der Waals surface area contributed by atoms with Gasteiger partial charge in [-0.2, -0.15) is 0 Å². The van der Waals surface area contributed by atoms with Crippen molar-refractivity contribution in [3.05, 3.63) is 34.9 Å². The Kier molecular flexibility index (Phi) is 2.86. The molecule has 1 aromatic rings. The Labute approximate surface area is 108 Å². The van der Waals surface area contributed by atoms with Gasteiger partial charge in [-0.05, 0) is 48.9 Å². The molecule has 1 aliphatic carbocycles. The fraction of sp³-hybridized carbons (Fsp3) is 0.533. The lowest BCUT2D eigenvalue weighted by Gasteiger charge is -2.25. The van der Waals surface area contributed by atoms with Crippen LogP contribution >= 0.6 is 0 Å². The first kappa shape index (κ1) is 11.7. The third-order valence-corrected chi connectivity index (χ3v) is 4.32. The quantitative estimate of drug-likeness (QED) is 0.883. The van der Waals surface area contributed by atoms with Gasteiger partial charge in [-0.3, -0.25) is 4.79 Å². The zero-order chi connectivity index (χ0) is 12.7. The molecule has 96 valence electrons. The highest BCUT2D eigenvalue weighted by Gasteiger charge is 2.32. The minimum Gasteiger partial charge on any atom is -0.339 e. The van der Waals surface area contributed by atoms with E-state index in [-0.39, 0.29) is 5.91 Å². The van der Waals surface area contributed by atoms with Gasteiger partial charge in [-0.15, -0.1) is 0 Å². The molecule has 1 unspecified atom stereocenters. The average molecular weight is 244 g/mol. The number of carbonyl (C=O) groups is 1. The largest absolute Gasteiger partial charge is 0.339 e. The maximum atomic E-state index is 12.4. The summed E-state index contributed by atoms with van der Waals surface area (Å²) < 4.78 is 0. The van der Waals surface area contributed by atoms with Gasteiger partial charge < -0.3 is 10.2 Å². The highest BCUT2D eigenvalue weighted by atomic mass is 16.2. The lowest BCUT2D eigenvalue weighted by molar-refractivity contribution is 0.0727. The molecular weight excluding hydrogens is 224 g/mol. The molecule has 1 atom stereocenters. The molecule has 1 aromatic carbocycles. The normalized spacial score (nSPS) is 19.4. The predicted octanol–water partition coefficient (Wildman–Crippen LogP) is 2.16. The van der Waals surface area contributed by atoms with Crippen molar-refractivity contribution < 1.29 is 4.79 Å². The van der Waals surface area contributed by atoms with E-state index in [1.54, 1.807) is 0 Å². The lowest BCUT2D eigenvalue weighted by Crippen LogP contribution is -2.36. The van der Waals surface area contributed by atoms with Crippen LogP contribution in [-0.2, 0) is 13.1 Å². The number of benzene rings is 1. The minimum absolute atomic E-state index is 0.157. The first-order chi connectivity index (χ1) is 8.66. The maximum absolute atomic E-state index is 12.4. The van der Waals surface area contributed by atoms with Crippen molar-refractivity contribution >= 4 is 5.91 Å². The van der Waals surface area contributed by atoms with Crippen molar-refractivity contribution in [2.24, 2.45) is 5.92 Å². The summed E-state index contributed by atoms with van der Waals surface area (Å²) in [7, 11) is 1.93. The van der Waals surface area contributed by atoms with Crippen molar-refractivity contribution in [1.82, 2.24) is 10.2 Å². The summed E-state index contributed by atoms with van der Waals surface area (Å²) >= 11 is 0. The molecular formula is C15H20N2O. The van der Waals surface area contributed by atoms with Gasteiger partial charge in [0.25, 0.3) is 5.91 Å². The number of rotatable bonds is 3. The summed E-state index contributed by atoms with van der Waals surface area (Å²) in [5.41, 5.74) is 3.42. The second-order valence-electron chi connectivity index (χ2n) is 5.58. The van der Waals surface area contributed by atoms with E-state index >= 15 is 0 Å². The molecule has 1 saturated carbocycles. The van der Waals surface area contributed by atoms with E-state index in [9.17, 15) is 4.79 Å². The molecule has 0 radical (unpaired) electrons. The summed E-state index contributed by atoms with van der Waals surface area (Å²) in [5, 5.41) is 3.31. The molecule has 3 rings (SSSR count). The number of carbonyl (C=O) groups excluding carboxylic acids is 1. The van der Waals surface area contributed by atoms with Crippen LogP contribution in [0.25, 0.3) is 0 Å². The van der Waals surface area contributed by atoms with E-state index in [0.29, 0.717) is 6.04 Å². The minimum atomic E-state index is 0.157. The summed E-state index contributed by atoms with van der Waals surface area (Å²) in [6.45, 7) is 3.97. The molecule has 1 amide bonds. The number of hydrogen-bond donors (Lipinski definition) is 1. The zero-order valence-corrected chi connectivity index (χ0v) is 11.1. The molecule has 1 fully saturated rings. The molecule has 3 heteroatoms. The van der Waals surface area contributed by atoms with Crippen LogP contribution in [0.5, 0.6) is 0 Å². The Morgan fingerprint density at radius 1 is 1.33 bits per heavy atom. The summed E-state index contributed by atoms with van der Waals surface area (Å²) in [6.07, 6.45) is 2.54. The standard InChI is InChI=1S/C15H20N2O/c1-10(11-3-4-11)17(2)15(18)12-5-6-13-8-16-9-14(13)7-12/h5-7,10-11,16H,3-4,8-9H2,1-2H3. The maximum Gasteiger partial charge on any atom is 0.253 e. The van der Waals surface area contributed by atoms with Crippen LogP contribution in [0.1, 0.15) is 41.3 Å². The van der Waals surface area contributed by atoms with Crippen LogP contribution in [0.2, 0.25) is 0 Å². The van der Waals surface area contributed by atoms with E-state index in [1.807, 2.05) is 24.1 Å². The van der Waals surface area contributed by atoms with E-state index in [0.717, 1.165) is 24.6 Å². The Bertz CT molecular complexity index is 479. The van der Waals surface area contributed by atoms with Crippen molar-refractivity contribution in [2.75, 3.05) is 7.05 Å². The molecule has 0 spiro atoms. The third-order valence-electron chi connectivity index (χ3n) is 4.32. The monoisotopic (exact) mass is 244 g/mol. The van der Waals surface area contributed by atoms with Crippen LogP contribution in [-0.4, -0.2) is 23.9 Å². The van der Waals surface area contributed by atoms with Crippen LogP contribution in [0.3, 0.4) is 0 Å². The Morgan fingerprint density at radius 3 is 2.78 bits per heavy atom. The second-order valence-corrected chi connectivity index (χ2v) is 5.58. The van der Waals surface area contributed by atoms with Crippen LogP contribution < -0.4 is 5.32 Å². The smallest absolute Gasteiger partial charge is 0.253 e. The molecule has 1 N–H and O–H groups in total. The van der Waals surface area contributed by atoms with E-state index in [1.165, 1.54) is 24.0 Å². The molecule has 18 heavy (non-hydrogen) atoms. The van der Waals surface area contributed by atoms with Gasteiger partial charge in [0.1, 0.15) is 0 Å². The third kappa shape index (κ3) is 2.03. The highest BCUT2D eigenvalue weighted by molar-refractivity contribution is 5.94. The number of fused-ring (bicyclic) bond motifs is 1. The van der Waals surface area contributed by atoms with Crippen molar-refractivity contribution in [1.29, 1.82) is 0 Å². The van der Waals surface area contributed by atoms with Crippen LogP contribution in [0.4, 0.5) is 0 Å². The Morgan fingerprint density at radius 2 is 2.06 bits per heavy atom. The van der Waals surface area contributed by atoms with Crippen molar-refractivity contribution in [3.8, 4) is 0 Å². The lowest BCUT2D eigenvalue weighted by atomic mass is 10.0. The molecule has 2 aliphatic rings. The topological polar surface area (TPSA) is 32.3 Å². The molecule has 0 aromatic heterocycles. The van der Waals surface area contributed by atoms with Crippen molar-refractivity contribution in [2.45, 2.75) is 38.9 Å². The average Bonchev–Trinajstić information content (AvgIpc) is 3.13. The van der Waals surface area contributed by atoms with Gasteiger partial charge in [-0.1, -0.05) is 6.07 Å². The number of hydrogen-bond acceptors (Lipinski definition) is 2. The van der Waals surface area contributed by atoms with Crippen LogP contribution in [0, 0.1) is 5.92 Å². The fourth-order valence-electron chi connectivity index (χ4n) is 2.71. The molecule has 1 aliphatic heterocycles. The van der Waals surface area contributed by atoms with E-state index < -0.39 is 0 Å². The highest BCUT2D eigenvalue weighted by Crippen LogP contribution is 2.35. The summed E-state index contributed by atoms with van der Waals surface area (Å²) in [5.74, 6) is 0.874. The molecule has 3 nitrogen and oxygen atoms in total. The van der Waals surface area contributed by atoms with Gasteiger partial charge in [-0.25, -0.2) is 0 Å². The van der Waals surface area contributed by atoms with Crippen molar-refractivity contribution in [3.63, 3.8) is 0 Å². The van der Waals surface area contributed by atoms with E-state index in [4.69, 9.17) is 0 Å². The predicted molar refractivity (Wildman–Crippen MR) is 71.3 cm³/mol. The molecule has 1 heterocycles. The first-order valence-corrected chi connectivity index (χ1v) is 6.76. The number of amides is 1. The van der Waals surface area contributed by atoms with Gasteiger partial charge in [0.15, 0.2) is 0 Å². The second kappa shape index (κ2) is 4.39. The number of nitrogens with zero attached hydrogens (tertiary/aromatic N) is 1.